The van der Waals surface area contributed by atoms with Gasteiger partial charge in [-0.2, -0.15) is 0 Å². The molecule has 208 valence electrons. The quantitative estimate of drug-likeness (QED) is 0.121. The topological polar surface area (TPSA) is 87.3 Å². The minimum atomic E-state index is -0.504. The third-order valence-electron chi connectivity index (χ3n) is 6.18. The first-order chi connectivity index (χ1) is 20.4. The summed E-state index contributed by atoms with van der Waals surface area (Å²) >= 11 is 7.48. The molecule has 0 aliphatic rings. The molecule has 0 atom stereocenters. The predicted octanol–water partition coefficient (Wildman–Crippen LogP) is 7.63. The van der Waals surface area contributed by atoms with Crippen molar-refractivity contribution >= 4 is 69.3 Å². The van der Waals surface area contributed by atoms with E-state index >= 15 is 0 Å². The average Bonchev–Trinajstić information content (AvgIpc) is 3.00. The van der Waals surface area contributed by atoms with E-state index in [1.807, 2.05) is 54.6 Å². The molecule has 0 aliphatic carbocycles. The molecule has 0 saturated carbocycles. The summed E-state index contributed by atoms with van der Waals surface area (Å²) < 4.78 is 0. The van der Waals surface area contributed by atoms with E-state index in [4.69, 9.17) is 11.6 Å². The molecule has 0 heterocycles. The van der Waals surface area contributed by atoms with Crippen LogP contribution in [0.2, 0.25) is 5.02 Å². The molecule has 3 N–H and O–H groups in total. The van der Waals surface area contributed by atoms with Crippen LogP contribution in [0.4, 0.5) is 11.4 Å². The van der Waals surface area contributed by atoms with Gasteiger partial charge in [0.05, 0.1) is 5.75 Å². The maximum Gasteiger partial charge on any atom is 0.272 e. The van der Waals surface area contributed by atoms with Crippen molar-refractivity contribution in [2.45, 2.75) is 4.90 Å². The molecule has 0 unspecified atom stereocenters. The van der Waals surface area contributed by atoms with E-state index in [0.29, 0.717) is 21.8 Å². The highest BCUT2D eigenvalue weighted by molar-refractivity contribution is 8.00. The largest absolute Gasteiger partial charge is 0.325 e. The van der Waals surface area contributed by atoms with Gasteiger partial charge in [-0.15, -0.1) is 11.8 Å². The maximum atomic E-state index is 13.3. The van der Waals surface area contributed by atoms with Crippen LogP contribution < -0.4 is 16.0 Å². The molecule has 42 heavy (non-hydrogen) atoms. The van der Waals surface area contributed by atoms with E-state index in [1.54, 1.807) is 72.8 Å². The highest BCUT2D eigenvalue weighted by Gasteiger charge is 2.16. The monoisotopic (exact) mass is 591 g/mol. The Kier molecular flexibility index (Phi) is 9.33. The highest BCUT2D eigenvalue weighted by atomic mass is 35.5. The van der Waals surface area contributed by atoms with Crippen LogP contribution in [0.5, 0.6) is 0 Å². The lowest BCUT2D eigenvalue weighted by atomic mass is 10.1. The maximum absolute atomic E-state index is 13.3. The molecule has 0 aliphatic heterocycles. The average molecular weight is 592 g/mol. The third kappa shape index (κ3) is 7.87. The molecule has 0 spiro atoms. The lowest BCUT2D eigenvalue weighted by Crippen LogP contribution is -2.30. The molecule has 0 bridgehead atoms. The summed E-state index contributed by atoms with van der Waals surface area (Å²) in [4.78, 5) is 39.6. The number of benzene rings is 5. The summed E-state index contributed by atoms with van der Waals surface area (Å²) in [5.41, 5.74) is 2.38. The zero-order valence-corrected chi connectivity index (χ0v) is 23.9. The van der Waals surface area contributed by atoms with Gasteiger partial charge in [0, 0.05) is 26.9 Å². The Labute approximate surface area is 252 Å². The number of amides is 3. The van der Waals surface area contributed by atoms with Crippen molar-refractivity contribution < 1.29 is 14.4 Å². The van der Waals surface area contributed by atoms with Gasteiger partial charge in [0.15, 0.2) is 0 Å². The summed E-state index contributed by atoms with van der Waals surface area (Å²) in [6.07, 6.45) is 1.57. The van der Waals surface area contributed by atoms with Gasteiger partial charge in [0.2, 0.25) is 5.91 Å². The van der Waals surface area contributed by atoms with Gasteiger partial charge in [-0.1, -0.05) is 78.3 Å². The fourth-order valence-corrected chi connectivity index (χ4v) is 5.13. The normalized spacial score (nSPS) is 11.1. The molecule has 0 radical (unpaired) electrons. The van der Waals surface area contributed by atoms with Crippen molar-refractivity contribution in [2.24, 2.45) is 0 Å². The Morgan fingerprint density at radius 3 is 2.24 bits per heavy atom. The number of thioether (sulfide) groups is 1. The lowest BCUT2D eigenvalue weighted by Gasteiger charge is -2.12. The van der Waals surface area contributed by atoms with Crippen molar-refractivity contribution in [3.63, 3.8) is 0 Å². The predicted molar refractivity (Wildman–Crippen MR) is 172 cm³/mol. The molecular weight excluding hydrogens is 566 g/mol. The zero-order valence-electron chi connectivity index (χ0n) is 22.3. The molecule has 8 heteroatoms. The number of anilines is 2. The number of nitrogens with one attached hydrogen (secondary N) is 3. The van der Waals surface area contributed by atoms with Crippen LogP contribution in [-0.4, -0.2) is 23.5 Å². The molecule has 5 aromatic carbocycles. The van der Waals surface area contributed by atoms with E-state index in [2.05, 4.69) is 16.0 Å². The van der Waals surface area contributed by atoms with Crippen LogP contribution in [0.15, 0.2) is 132 Å². The van der Waals surface area contributed by atoms with E-state index in [9.17, 15) is 14.4 Å². The number of hydrogen-bond acceptors (Lipinski definition) is 4. The third-order valence-corrected chi connectivity index (χ3v) is 7.41. The smallest absolute Gasteiger partial charge is 0.272 e. The number of carbonyl (C=O) groups excluding carboxylic acids is 3. The van der Waals surface area contributed by atoms with E-state index in [1.165, 1.54) is 11.8 Å². The molecule has 6 nitrogen and oxygen atoms in total. The Bertz CT molecular complexity index is 1790. The number of rotatable bonds is 9. The van der Waals surface area contributed by atoms with Gasteiger partial charge >= 0.3 is 0 Å². The van der Waals surface area contributed by atoms with Gasteiger partial charge in [0.1, 0.15) is 5.70 Å². The summed E-state index contributed by atoms with van der Waals surface area (Å²) in [5.74, 6) is -0.867. The van der Waals surface area contributed by atoms with E-state index in [-0.39, 0.29) is 17.4 Å². The van der Waals surface area contributed by atoms with Gasteiger partial charge in [-0.3, -0.25) is 14.4 Å². The summed E-state index contributed by atoms with van der Waals surface area (Å²) in [5, 5.41) is 11.2. The first-order valence-corrected chi connectivity index (χ1v) is 14.5. The molecule has 0 saturated heterocycles. The van der Waals surface area contributed by atoms with Crippen LogP contribution in [-0.2, 0) is 9.59 Å². The minimum absolute atomic E-state index is 0.0546. The van der Waals surface area contributed by atoms with Crippen LogP contribution in [0.1, 0.15) is 15.9 Å². The van der Waals surface area contributed by atoms with Crippen molar-refractivity contribution in [1.82, 2.24) is 5.32 Å². The van der Waals surface area contributed by atoms with Crippen LogP contribution in [0.3, 0.4) is 0 Å². The van der Waals surface area contributed by atoms with Gasteiger partial charge in [-0.25, -0.2) is 0 Å². The molecule has 3 amide bonds. The van der Waals surface area contributed by atoms with Crippen molar-refractivity contribution in [2.75, 3.05) is 16.4 Å². The zero-order chi connectivity index (χ0) is 29.3. The van der Waals surface area contributed by atoms with Gasteiger partial charge < -0.3 is 16.0 Å². The number of hydrogen-bond donors (Lipinski definition) is 3. The van der Waals surface area contributed by atoms with E-state index < -0.39 is 11.8 Å². The van der Waals surface area contributed by atoms with Crippen LogP contribution >= 0.6 is 23.4 Å². The second-order valence-electron chi connectivity index (χ2n) is 9.31. The number of fused-ring (bicyclic) bond motifs is 1. The molecule has 0 fully saturated rings. The van der Waals surface area contributed by atoms with E-state index in [0.717, 1.165) is 21.4 Å². The Hall–Kier alpha value is -4.85. The number of carbonyl (C=O) groups is 3. The molecule has 5 rings (SSSR count). The number of halogens is 1. The van der Waals surface area contributed by atoms with Gasteiger partial charge in [0.25, 0.3) is 11.8 Å². The molecule has 5 aromatic rings. The Morgan fingerprint density at radius 1 is 0.690 bits per heavy atom. The molecular formula is C34H26ClN3O3S. The van der Waals surface area contributed by atoms with Crippen molar-refractivity contribution in [3.8, 4) is 0 Å². The minimum Gasteiger partial charge on any atom is -0.325 e. The Morgan fingerprint density at radius 2 is 1.43 bits per heavy atom. The second kappa shape index (κ2) is 13.7. The molecule has 0 aromatic heterocycles. The van der Waals surface area contributed by atoms with Crippen molar-refractivity contribution in [1.29, 1.82) is 0 Å². The lowest BCUT2D eigenvalue weighted by molar-refractivity contribution is -0.114. The van der Waals surface area contributed by atoms with Crippen LogP contribution in [0, 0.1) is 0 Å². The first kappa shape index (κ1) is 28.7. The Balaban J connectivity index is 1.25. The van der Waals surface area contributed by atoms with Gasteiger partial charge in [-0.05, 0) is 77.0 Å². The fourth-order valence-electron chi connectivity index (χ4n) is 4.18. The SMILES string of the molecule is O=C(CSc1cccc(NC(=O)/C(=C/c2cccc(Cl)c2)NC(=O)c2ccccc2)c1)Nc1ccc2ccccc2c1. The standard InChI is InChI=1S/C34H26ClN3O3S/c35-27-13-6-8-23(18-27)19-31(38-33(40)25-10-2-1-3-11-25)34(41)37-28-14-7-15-30(21-28)42-22-32(39)36-29-17-16-24-9-4-5-12-26(24)20-29/h1-21H,22H2,(H,36,39)(H,37,41)(H,38,40)/b31-19-. The summed E-state index contributed by atoms with van der Waals surface area (Å²) in [6.45, 7) is 0. The summed E-state index contributed by atoms with van der Waals surface area (Å²) in [6, 6.07) is 36.6. The summed E-state index contributed by atoms with van der Waals surface area (Å²) in [7, 11) is 0. The first-order valence-electron chi connectivity index (χ1n) is 13.1. The van der Waals surface area contributed by atoms with Crippen LogP contribution in [0.25, 0.3) is 16.8 Å². The second-order valence-corrected chi connectivity index (χ2v) is 10.8. The highest BCUT2D eigenvalue weighted by Crippen LogP contribution is 2.24. The fraction of sp³-hybridized carbons (Fsp3) is 0.0294. The van der Waals surface area contributed by atoms with Crippen molar-refractivity contribution in [3.05, 3.63) is 143 Å².